The van der Waals surface area contributed by atoms with Gasteiger partial charge in [0.25, 0.3) is 5.69 Å². The van der Waals surface area contributed by atoms with Crippen molar-refractivity contribution in [1.82, 2.24) is 4.57 Å². The van der Waals surface area contributed by atoms with Crippen molar-refractivity contribution in [2.24, 2.45) is 0 Å². The van der Waals surface area contributed by atoms with E-state index >= 15 is 0 Å². The number of hydrogen-bond acceptors (Lipinski definition) is 3. The van der Waals surface area contributed by atoms with Crippen LogP contribution in [0.1, 0.15) is 11.3 Å². The van der Waals surface area contributed by atoms with E-state index in [0.29, 0.717) is 23.5 Å². The summed E-state index contributed by atoms with van der Waals surface area (Å²) in [6.45, 7) is 0.346. The third-order valence-electron chi connectivity index (χ3n) is 2.80. The maximum atomic E-state index is 11.0. The van der Waals surface area contributed by atoms with E-state index in [2.05, 4.69) is 0 Å². The lowest BCUT2D eigenvalue weighted by molar-refractivity contribution is -0.385. The Morgan fingerprint density at radius 1 is 1.32 bits per heavy atom. The van der Waals surface area contributed by atoms with Crippen molar-refractivity contribution in [2.45, 2.75) is 6.54 Å². The minimum absolute atomic E-state index is 0.0829. The Morgan fingerprint density at radius 3 is 2.74 bits per heavy atom. The average Bonchev–Trinajstić information content (AvgIpc) is 2.86. The molecule has 5 nitrogen and oxygen atoms in total. The number of rotatable bonds is 5. The molecular weight excluding hydrogens is 266 g/mol. The van der Waals surface area contributed by atoms with Crippen molar-refractivity contribution in [3.63, 3.8) is 0 Å². The Morgan fingerprint density at radius 2 is 2.05 bits per heavy atom. The van der Waals surface area contributed by atoms with E-state index in [9.17, 15) is 10.1 Å². The second-order valence-electron chi connectivity index (χ2n) is 4.02. The Balaban J connectivity index is 2.35. The molecule has 2 aromatic rings. The van der Waals surface area contributed by atoms with Gasteiger partial charge in [-0.05, 0) is 12.1 Å². The highest BCUT2D eigenvalue weighted by atomic mass is 35.5. The number of hydrogen-bond donors (Lipinski definition) is 1. The third kappa shape index (κ3) is 2.82. The van der Waals surface area contributed by atoms with Crippen LogP contribution in [0.2, 0.25) is 0 Å². The van der Waals surface area contributed by atoms with E-state index in [1.165, 1.54) is 6.07 Å². The fourth-order valence-electron chi connectivity index (χ4n) is 1.90. The third-order valence-corrected chi connectivity index (χ3v) is 3.07. The molecule has 19 heavy (non-hydrogen) atoms. The van der Waals surface area contributed by atoms with E-state index in [1.54, 1.807) is 41.1 Å². The van der Waals surface area contributed by atoms with Gasteiger partial charge < -0.3 is 9.98 Å². The van der Waals surface area contributed by atoms with E-state index < -0.39 is 4.92 Å². The quantitative estimate of drug-likeness (QED) is 0.395. The molecule has 6 heteroatoms. The summed E-state index contributed by atoms with van der Waals surface area (Å²) in [5.74, 6) is 0.112. The molecular formula is C13H12ClN3O2. The molecule has 1 aromatic heterocycles. The smallest absolute Gasteiger partial charge is 0.274 e. The van der Waals surface area contributed by atoms with Crippen molar-refractivity contribution in [1.29, 1.82) is 5.41 Å². The zero-order chi connectivity index (χ0) is 13.8. The molecule has 0 saturated heterocycles. The minimum atomic E-state index is -0.397. The summed E-state index contributed by atoms with van der Waals surface area (Å²) >= 11 is 5.65. The number of nitro groups is 1. The molecule has 0 fully saturated rings. The van der Waals surface area contributed by atoms with Gasteiger partial charge in [0, 0.05) is 17.8 Å². The second-order valence-corrected chi connectivity index (χ2v) is 4.29. The molecule has 0 aliphatic carbocycles. The molecule has 1 heterocycles. The summed E-state index contributed by atoms with van der Waals surface area (Å²) in [5.41, 5.74) is 1.66. The summed E-state index contributed by atoms with van der Waals surface area (Å²) in [7, 11) is 0. The first-order chi connectivity index (χ1) is 9.13. The maximum Gasteiger partial charge on any atom is 0.274 e. The van der Waals surface area contributed by atoms with E-state index in [0.717, 1.165) is 0 Å². The summed E-state index contributed by atoms with van der Waals surface area (Å²) in [6, 6.07) is 10.2. The molecule has 0 bridgehead atoms. The van der Waals surface area contributed by atoms with Crippen LogP contribution in [0.4, 0.5) is 5.69 Å². The van der Waals surface area contributed by atoms with Crippen LogP contribution in [0.3, 0.4) is 0 Å². The zero-order valence-electron chi connectivity index (χ0n) is 10.0. The summed E-state index contributed by atoms with van der Waals surface area (Å²) < 4.78 is 1.78. The van der Waals surface area contributed by atoms with Gasteiger partial charge in [-0.2, -0.15) is 0 Å². The van der Waals surface area contributed by atoms with Gasteiger partial charge in [0.15, 0.2) is 0 Å². The number of halogens is 1. The average molecular weight is 278 g/mol. The predicted octanol–water partition coefficient (Wildman–Crippen LogP) is 3.05. The molecule has 0 unspecified atom stereocenters. The van der Waals surface area contributed by atoms with Crippen LogP contribution in [0, 0.1) is 15.5 Å². The minimum Gasteiger partial charge on any atom is -0.342 e. The van der Waals surface area contributed by atoms with E-state index in [4.69, 9.17) is 17.0 Å². The normalized spacial score (nSPS) is 10.4. The summed E-state index contributed by atoms with van der Waals surface area (Å²) in [4.78, 5) is 10.6. The first kappa shape index (κ1) is 13.3. The number of alkyl halides is 1. The fourth-order valence-corrected chi connectivity index (χ4v) is 2.04. The maximum absolute atomic E-state index is 11.0. The van der Waals surface area contributed by atoms with Gasteiger partial charge in [0.05, 0.1) is 28.8 Å². The van der Waals surface area contributed by atoms with Crippen LogP contribution in [-0.4, -0.2) is 21.1 Å². The van der Waals surface area contributed by atoms with Crippen molar-refractivity contribution in [2.75, 3.05) is 5.88 Å². The predicted molar refractivity (Wildman–Crippen MR) is 74.2 cm³/mol. The van der Waals surface area contributed by atoms with Gasteiger partial charge in [-0.15, -0.1) is 11.6 Å². The molecule has 0 amide bonds. The molecule has 98 valence electrons. The van der Waals surface area contributed by atoms with Gasteiger partial charge in [-0.3, -0.25) is 10.1 Å². The lowest BCUT2D eigenvalue weighted by Gasteiger charge is -2.09. The van der Waals surface area contributed by atoms with Crippen LogP contribution < -0.4 is 0 Å². The Labute approximate surface area is 115 Å². The van der Waals surface area contributed by atoms with Crippen LogP contribution in [0.5, 0.6) is 0 Å². The standard InChI is InChI=1S/C13H12ClN3O2/c14-8-11(15)13-6-3-7-16(13)9-10-4-1-2-5-12(10)17(18)19/h1-7,15H,8-9H2. The van der Waals surface area contributed by atoms with Crippen molar-refractivity contribution in [3.05, 3.63) is 64.0 Å². The van der Waals surface area contributed by atoms with Crippen molar-refractivity contribution in [3.8, 4) is 0 Å². The fraction of sp³-hybridized carbons (Fsp3) is 0.154. The van der Waals surface area contributed by atoms with Crippen molar-refractivity contribution >= 4 is 23.0 Å². The van der Waals surface area contributed by atoms with Crippen LogP contribution in [-0.2, 0) is 6.54 Å². The molecule has 0 saturated carbocycles. The van der Waals surface area contributed by atoms with Crippen LogP contribution in [0.15, 0.2) is 42.6 Å². The highest BCUT2D eigenvalue weighted by molar-refractivity contribution is 6.30. The number of nitrogens with zero attached hydrogens (tertiary/aromatic N) is 2. The summed E-state index contributed by atoms with van der Waals surface area (Å²) in [6.07, 6.45) is 1.78. The molecule has 0 aliphatic rings. The topological polar surface area (TPSA) is 71.9 Å². The van der Waals surface area contributed by atoms with Crippen LogP contribution >= 0.6 is 11.6 Å². The first-order valence-electron chi connectivity index (χ1n) is 5.64. The first-order valence-corrected chi connectivity index (χ1v) is 6.18. The van der Waals surface area contributed by atoms with Gasteiger partial charge in [-0.25, -0.2) is 0 Å². The largest absolute Gasteiger partial charge is 0.342 e. The molecule has 1 N–H and O–H groups in total. The monoisotopic (exact) mass is 277 g/mol. The Hall–Kier alpha value is -2.14. The second kappa shape index (κ2) is 5.67. The summed E-state index contributed by atoms with van der Waals surface area (Å²) in [5, 5.41) is 18.7. The zero-order valence-corrected chi connectivity index (χ0v) is 10.8. The lowest BCUT2D eigenvalue weighted by atomic mass is 10.1. The highest BCUT2D eigenvalue weighted by Gasteiger charge is 2.14. The van der Waals surface area contributed by atoms with Gasteiger partial charge >= 0.3 is 0 Å². The van der Waals surface area contributed by atoms with E-state index in [-0.39, 0.29) is 11.6 Å². The number of nitro benzene ring substituents is 1. The lowest BCUT2D eigenvalue weighted by Crippen LogP contribution is -2.11. The van der Waals surface area contributed by atoms with Gasteiger partial charge in [0.2, 0.25) is 0 Å². The van der Waals surface area contributed by atoms with Gasteiger partial charge in [0.1, 0.15) is 0 Å². The molecule has 1 aromatic carbocycles. The molecule has 2 rings (SSSR count). The number of aromatic nitrogens is 1. The number of para-hydroxylation sites is 1. The molecule has 0 aliphatic heterocycles. The number of nitrogens with one attached hydrogen (secondary N) is 1. The SMILES string of the molecule is N=C(CCl)c1cccn1Cc1ccccc1[N+](=O)[O-]. The number of benzene rings is 1. The van der Waals surface area contributed by atoms with Gasteiger partial charge in [-0.1, -0.05) is 18.2 Å². The highest BCUT2D eigenvalue weighted by Crippen LogP contribution is 2.19. The Kier molecular flexibility index (Phi) is 3.97. The van der Waals surface area contributed by atoms with Crippen molar-refractivity contribution < 1.29 is 4.92 Å². The molecule has 0 spiro atoms. The molecule has 0 atom stereocenters. The molecule has 0 radical (unpaired) electrons. The van der Waals surface area contributed by atoms with Crippen LogP contribution in [0.25, 0.3) is 0 Å². The Bertz CT molecular complexity index is 622. The van der Waals surface area contributed by atoms with E-state index in [1.807, 2.05) is 0 Å².